The van der Waals surface area contributed by atoms with Gasteiger partial charge in [0.05, 0.1) is 11.5 Å². The lowest BCUT2D eigenvalue weighted by Crippen LogP contribution is -2.71. The minimum atomic E-state index is -3.40. The van der Waals surface area contributed by atoms with E-state index in [-0.39, 0.29) is 0 Å². The van der Waals surface area contributed by atoms with Crippen LogP contribution in [0, 0.1) is 29.6 Å². The van der Waals surface area contributed by atoms with Crippen molar-refractivity contribution in [3.8, 4) is 23.7 Å². The Morgan fingerprint density at radius 1 is 1.33 bits per heavy atom. The molecular formula is C20H21N3O6S. The maximum atomic E-state index is 12.3. The molecular weight excluding hydrogens is 410 g/mol. The maximum Gasteiger partial charge on any atom is 0.269 e. The number of benzene rings is 1. The molecule has 1 unspecified atom stereocenters. The molecule has 2 aliphatic heterocycles. The molecule has 2 saturated heterocycles. The van der Waals surface area contributed by atoms with E-state index in [9.17, 15) is 18.0 Å². The number of carbonyl (C=O) groups excluding carboxylic acids is 2. The molecule has 0 aromatic heterocycles. The van der Waals surface area contributed by atoms with Crippen LogP contribution in [0.5, 0.6) is 0 Å². The second-order valence-corrected chi connectivity index (χ2v) is 9.18. The largest absolute Gasteiger partial charge is 0.373 e. The number of ether oxygens (including phenoxy) is 1. The van der Waals surface area contributed by atoms with Crippen molar-refractivity contribution in [2.45, 2.75) is 11.6 Å². The Bertz CT molecular complexity index is 1030. The molecule has 0 radical (unpaired) electrons. The van der Waals surface area contributed by atoms with E-state index in [1.54, 1.807) is 24.3 Å². The average Bonchev–Trinajstić information content (AvgIpc) is 2.68. The highest BCUT2D eigenvalue weighted by Crippen LogP contribution is 2.35. The van der Waals surface area contributed by atoms with Gasteiger partial charge in [0.25, 0.3) is 5.91 Å². The third kappa shape index (κ3) is 4.48. The molecule has 158 valence electrons. The summed E-state index contributed by atoms with van der Waals surface area (Å²) in [6, 6.07) is 5.05. The first-order valence-corrected chi connectivity index (χ1v) is 10.9. The van der Waals surface area contributed by atoms with Gasteiger partial charge in [0.2, 0.25) is 6.41 Å². The number of anilines is 1. The summed E-state index contributed by atoms with van der Waals surface area (Å²) >= 11 is 0. The Kier molecular flexibility index (Phi) is 6.44. The standard InChI is InChI=1S/C20H21N3O6S/c1-29-20(12-30(27,28)13-20)18(19(25)22-26)23(14-24)17-8-6-15(7-9-17)4-2-3-5-16-10-21-11-16/h6-9,14,16,18,21,26H,10-13H2,1H3,(H,22,25). The third-order valence-corrected chi connectivity index (χ3v) is 6.93. The van der Waals surface area contributed by atoms with Crippen LogP contribution in [-0.2, 0) is 24.2 Å². The fourth-order valence-electron chi connectivity index (χ4n) is 3.39. The van der Waals surface area contributed by atoms with Gasteiger partial charge in [-0.1, -0.05) is 11.8 Å². The summed E-state index contributed by atoms with van der Waals surface area (Å²) in [5, 5.41) is 12.3. The molecule has 30 heavy (non-hydrogen) atoms. The Morgan fingerprint density at radius 2 is 2.00 bits per heavy atom. The van der Waals surface area contributed by atoms with Gasteiger partial charge in [-0.15, -0.1) is 0 Å². The van der Waals surface area contributed by atoms with Crippen molar-refractivity contribution in [2.24, 2.45) is 5.92 Å². The molecule has 1 aromatic rings. The number of hydrogen-bond donors (Lipinski definition) is 3. The van der Waals surface area contributed by atoms with Crippen LogP contribution in [0.4, 0.5) is 5.69 Å². The molecule has 0 saturated carbocycles. The van der Waals surface area contributed by atoms with Gasteiger partial charge in [-0.25, -0.2) is 13.9 Å². The van der Waals surface area contributed by atoms with E-state index in [1.165, 1.54) is 12.6 Å². The van der Waals surface area contributed by atoms with Gasteiger partial charge in [-0.05, 0) is 36.1 Å². The normalized spacial score (nSPS) is 19.4. The monoisotopic (exact) mass is 431 g/mol. The molecule has 3 rings (SSSR count). The van der Waals surface area contributed by atoms with Crippen LogP contribution in [0.25, 0.3) is 0 Å². The lowest BCUT2D eigenvalue weighted by atomic mass is 9.94. The summed E-state index contributed by atoms with van der Waals surface area (Å²) in [4.78, 5) is 25.2. The number of nitrogens with zero attached hydrogens (tertiary/aromatic N) is 1. The van der Waals surface area contributed by atoms with Crippen LogP contribution >= 0.6 is 0 Å². The zero-order chi connectivity index (χ0) is 21.8. The molecule has 10 heteroatoms. The van der Waals surface area contributed by atoms with E-state index >= 15 is 0 Å². The molecule has 0 aliphatic carbocycles. The summed E-state index contributed by atoms with van der Waals surface area (Å²) < 4.78 is 28.8. The van der Waals surface area contributed by atoms with E-state index in [2.05, 4.69) is 29.0 Å². The molecule has 0 bridgehead atoms. The summed E-state index contributed by atoms with van der Waals surface area (Å²) in [5.74, 6) is 9.99. The number of hydrogen-bond acceptors (Lipinski definition) is 7. The number of methoxy groups -OCH3 is 1. The fraction of sp³-hybridized carbons (Fsp3) is 0.400. The second kappa shape index (κ2) is 8.86. The van der Waals surface area contributed by atoms with Gasteiger partial charge >= 0.3 is 0 Å². The summed E-state index contributed by atoms with van der Waals surface area (Å²) in [6.45, 7) is 1.75. The van der Waals surface area contributed by atoms with Crippen LogP contribution in [0.2, 0.25) is 0 Å². The first kappa shape index (κ1) is 21.8. The van der Waals surface area contributed by atoms with Gasteiger partial charge in [-0.2, -0.15) is 0 Å². The number of nitrogens with one attached hydrogen (secondary N) is 2. The van der Waals surface area contributed by atoms with Gasteiger partial charge in [0, 0.05) is 37.4 Å². The summed E-state index contributed by atoms with van der Waals surface area (Å²) in [7, 11) is -2.14. The predicted octanol–water partition coefficient (Wildman–Crippen LogP) is -1.09. The Hall–Kier alpha value is -2.89. The van der Waals surface area contributed by atoms with Crippen LogP contribution in [0.3, 0.4) is 0 Å². The number of hydroxylamine groups is 1. The molecule has 2 fully saturated rings. The maximum absolute atomic E-state index is 12.3. The van der Waals surface area contributed by atoms with Gasteiger partial charge < -0.3 is 10.1 Å². The van der Waals surface area contributed by atoms with Crippen molar-refractivity contribution in [3.05, 3.63) is 29.8 Å². The first-order chi connectivity index (χ1) is 14.3. The average molecular weight is 431 g/mol. The number of rotatable bonds is 6. The minimum Gasteiger partial charge on any atom is -0.373 e. The Balaban J connectivity index is 1.83. The van der Waals surface area contributed by atoms with E-state index in [4.69, 9.17) is 9.94 Å². The quantitative estimate of drug-likeness (QED) is 0.226. The Morgan fingerprint density at radius 3 is 2.47 bits per heavy atom. The minimum absolute atomic E-state index is 0.316. The molecule has 1 aromatic carbocycles. The lowest BCUT2D eigenvalue weighted by molar-refractivity contribution is -0.138. The van der Waals surface area contributed by atoms with Crippen LogP contribution in [0.1, 0.15) is 5.56 Å². The highest BCUT2D eigenvalue weighted by atomic mass is 32.2. The number of sulfone groups is 1. The molecule has 9 nitrogen and oxygen atoms in total. The predicted molar refractivity (Wildman–Crippen MR) is 108 cm³/mol. The topological polar surface area (TPSA) is 125 Å². The third-order valence-electron chi connectivity index (χ3n) is 5.08. The van der Waals surface area contributed by atoms with Crippen LogP contribution in [-0.4, -0.2) is 69.3 Å². The van der Waals surface area contributed by atoms with Crippen molar-refractivity contribution >= 4 is 27.8 Å². The Labute approximate surface area is 174 Å². The molecule has 0 spiro atoms. The molecule has 3 N–H and O–H groups in total. The van der Waals surface area contributed by atoms with Crippen LogP contribution in [0.15, 0.2) is 24.3 Å². The molecule has 2 aliphatic rings. The van der Waals surface area contributed by atoms with E-state index in [0.29, 0.717) is 23.6 Å². The fourth-order valence-corrected chi connectivity index (χ4v) is 5.35. The van der Waals surface area contributed by atoms with Crippen molar-refractivity contribution in [3.63, 3.8) is 0 Å². The molecule has 2 heterocycles. The SMILES string of the molecule is COC1(C(C(=O)NO)N(C=O)c2ccc(C#CC#CC3CNC3)cc2)CS(=O)(=O)C1. The van der Waals surface area contributed by atoms with E-state index in [0.717, 1.165) is 18.0 Å². The zero-order valence-corrected chi connectivity index (χ0v) is 17.0. The molecule has 2 amide bonds. The first-order valence-electron chi connectivity index (χ1n) is 9.09. The summed E-state index contributed by atoms with van der Waals surface area (Å²) in [6.07, 6.45) is 0.393. The molecule has 1 atom stereocenters. The lowest BCUT2D eigenvalue weighted by Gasteiger charge is -2.47. The van der Waals surface area contributed by atoms with E-state index < -0.39 is 38.9 Å². The van der Waals surface area contributed by atoms with Crippen molar-refractivity contribution in [1.29, 1.82) is 0 Å². The van der Waals surface area contributed by atoms with Crippen molar-refractivity contribution in [1.82, 2.24) is 10.8 Å². The smallest absolute Gasteiger partial charge is 0.269 e. The highest BCUT2D eigenvalue weighted by Gasteiger charge is 2.59. The second-order valence-electron chi connectivity index (χ2n) is 7.11. The van der Waals surface area contributed by atoms with Gasteiger partial charge in [-0.3, -0.25) is 19.7 Å². The number of amides is 2. The van der Waals surface area contributed by atoms with Gasteiger partial charge in [0.15, 0.2) is 9.84 Å². The van der Waals surface area contributed by atoms with Crippen LogP contribution < -0.4 is 15.7 Å². The van der Waals surface area contributed by atoms with Crippen molar-refractivity contribution < 1.29 is 28.0 Å². The van der Waals surface area contributed by atoms with Gasteiger partial charge in [0.1, 0.15) is 11.6 Å². The summed E-state index contributed by atoms with van der Waals surface area (Å²) in [5.41, 5.74) is 1.00. The highest BCUT2D eigenvalue weighted by molar-refractivity contribution is 7.93. The number of carbonyl (C=O) groups is 2. The zero-order valence-electron chi connectivity index (χ0n) is 16.2. The van der Waals surface area contributed by atoms with E-state index in [1.807, 2.05) is 0 Å². The van der Waals surface area contributed by atoms with Crippen molar-refractivity contribution in [2.75, 3.05) is 36.6 Å².